The van der Waals surface area contributed by atoms with E-state index < -0.39 is 0 Å². The first-order valence-corrected chi connectivity index (χ1v) is 9.45. The summed E-state index contributed by atoms with van der Waals surface area (Å²) in [6.07, 6.45) is 0.392. The van der Waals surface area contributed by atoms with Crippen molar-refractivity contribution in [2.24, 2.45) is 0 Å². The maximum Gasteiger partial charge on any atom is 0.321 e. The summed E-state index contributed by atoms with van der Waals surface area (Å²) in [6, 6.07) is 15.4. The number of urea groups is 1. The molecule has 0 saturated carbocycles. The van der Waals surface area contributed by atoms with Gasteiger partial charge in [0.1, 0.15) is 0 Å². The Labute approximate surface area is 162 Å². The minimum Gasteiger partial charge on any atom is -0.339 e. The summed E-state index contributed by atoms with van der Waals surface area (Å²) >= 11 is 3.40. The molecule has 26 heavy (non-hydrogen) atoms. The van der Waals surface area contributed by atoms with Crippen molar-refractivity contribution >= 4 is 33.6 Å². The van der Waals surface area contributed by atoms with Gasteiger partial charge in [0.2, 0.25) is 5.91 Å². The fourth-order valence-electron chi connectivity index (χ4n) is 2.97. The Morgan fingerprint density at radius 3 is 2.31 bits per heavy atom. The quantitative estimate of drug-likeness (QED) is 0.830. The van der Waals surface area contributed by atoms with E-state index in [9.17, 15) is 9.59 Å². The van der Waals surface area contributed by atoms with Crippen LogP contribution in [-0.2, 0) is 11.2 Å². The Bertz CT molecular complexity index is 784. The molecule has 0 aliphatic carbocycles. The van der Waals surface area contributed by atoms with Crippen molar-refractivity contribution in [1.29, 1.82) is 0 Å². The third-order valence-corrected chi connectivity index (χ3v) is 4.99. The molecule has 0 radical (unpaired) electrons. The molecule has 1 aliphatic heterocycles. The second-order valence-corrected chi connectivity index (χ2v) is 7.39. The van der Waals surface area contributed by atoms with Crippen LogP contribution < -0.4 is 5.32 Å². The van der Waals surface area contributed by atoms with Crippen LogP contribution in [0.1, 0.15) is 11.1 Å². The van der Waals surface area contributed by atoms with Gasteiger partial charge in [-0.25, -0.2) is 4.79 Å². The highest BCUT2D eigenvalue weighted by Gasteiger charge is 2.24. The third kappa shape index (κ3) is 4.85. The molecule has 0 atom stereocenters. The molecule has 6 heteroatoms. The number of halogens is 1. The van der Waals surface area contributed by atoms with Crippen LogP contribution in [0.25, 0.3) is 0 Å². The van der Waals surface area contributed by atoms with Gasteiger partial charge in [0.15, 0.2) is 0 Å². The van der Waals surface area contributed by atoms with Gasteiger partial charge in [0.05, 0.1) is 6.42 Å². The summed E-state index contributed by atoms with van der Waals surface area (Å²) < 4.78 is 1.00. The van der Waals surface area contributed by atoms with E-state index in [-0.39, 0.29) is 11.9 Å². The van der Waals surface area contributed by atoms with E-state index in [4.69, 9.17) is 0 Å². The van der Waals surface area contributed by atoms with E-state index in [0.717, 1.165) is 21.3 Å². The number of nitrogens with zero attached hydrogens (tertiary/aromatic N) is 2. The van der Waals surface area contributed by atoms with Gasteiger partial charge in [0, 0.05) is 36.3 Å². The topological polar surface area (TPSA) is 52.7 Å². The normalized spacial score (nSPS) is 14.2. The number of carbonyl (C=O) groups excluding carboxylic acids is 2. The van der Waals surface area contributed by atoms with Crippen molar-refractivity contribution < 1.29 is 9.59 Å². The molecule has 2 aromatic rings. The second-order valence-electron chi connectivity index (χ2n) is 6.47. The molecule has 1 fully saturated rings. The molecule has 1 heterocycles. The lowest BCUT2D eigenvalue weighted by Gasteiger charge is -2.34. The van der Waals surface area contributed by atoms with Gasteiger partial charge in [-0.15, -0.1) is 0 Å². The predicted octanol–water partition coefficient (Wildman–Crippen LogP) is 3.68. The molecule has 5 nitrogen and oxygen atoms in total. The third-order valence-electron chi connectivity index (χ3n) is 4.46. The fraction of sp³-hybridized carbons (Fsp3) is 0.300. The molecule has 1 N–H and O–H groups in total. The lowest BCUT2D eigenvalue weighted by atomic mass is 10.1. The Morgan fingerprint density at radius 2 is 1.65 bits per heavy atom. The van der Waals surface area contributed by atoms with Crippen molar-refractivity contribution in [1.82, 2.24) is 9.80 Å². The summed E-state index contributed by atoms with van der Waals surface area (Å²) in [5.74, 6) is 0.103. The zero-order valence-corrected chi connectivity index (χ0v) is 16.3. The van der Waals surface area contributed by atoms with E-state index in [1.807, 2.05) is 60.4 Å². The number of carbonyl (C=O) groups is 2. The first-order valence-electron chi connectivity index (χ1n) is 8.66. The molecule has 136 valence electrons. The van der Waals surface area contributed by atoms with Crippen LogP contribution in [0.15, 0.2) is 53.0 Å². The molecule has 3 rings (SSSR count). The lowest BCUT2D eigenvalue weighted by Crippen LogP contribution is -2.52. The highest BCUT2D eigenvalue weighted by Crippen LogP contribution is 2.14. The number of benzene rings is 2. The molecule has 0 bridgehead atoms. The average Bonchev–Trinajstić information content (AvgIpc) is 2.64. The molecule has 0 unspecified atom stereocenters. The van der Waals surface area contributed by atoms with E-state index in [1.54, 1.807) is 4.90 Å². The Balaban J connectivity index is 1.49. The Morgan fingerprint density at radius 1 is 1.00 bits per heavy atom. The lowest BCUT2D eigenvalue weighted by molar-refractivity contribution is -0.131. The first kappa shape index (κ1) is 18.5. The molecule has 0 spiro atoms. The van der Waals surface area contributed by atoms with Crippen LogP contribution in [0, 0.1) is 6.92 Å². The van der Waals surface area contributed by atoms with Crippen LogP contribution in [0.3, 0.4) is 0 Å². The van der Waals surface area contributed by atoms with Crippen LogP contribution in [-0.4, -0.2) is 47.9 Å². The minimum absolute atomic E-state index is 0.103. The summed E-state index contributed by atoms with van der Waals surface area (Å²) in [5.41, 5.74) is 2.90. The number of anilines is 1. The summed E-state index contributed by atoms with van der Waals surface area (Å²) in [6.45, 7) is 4.21. The number of aryl methyl sites for hydroxylation is 1. The number of rotatable bonds is 3. The first-order chi connectivity index (χ1) is 12.5. The maximum atomic E-state index is 12.5. The smallest absolute Gasteiger partial charge is 0.321 e. The van der Waals surface area contributed by atoms with Gasteiger partial charge >= 0.3 is 6.03 Å². The van der Waals surface area contributed by atoms with Crippen molar-refractivity contribution in [3.05, 3.63) is 64.1 Å². The zero-order valence-electron chi connectivity index (χ0n) is 14.7. The van der Waals surface area contributed by atoms with Crippen molar-refractivity contribution in [3.63, 3.8) is 0 Å². The molecule has 3 amide bonds. The fourth-order valence-corrected chi connectivity index (χ4v) is 3.24. The predicted molar refractivity (Wildman–Crippen MR) is 106 cm³/mol. The SMILES string of the molecule is Cc1cccc(NC(=O)N2CCN(C(=O)Cc3ccc(Br)cc3)CC2)c1. The molecule has 1 saturated heterocycles. The summed E-state index contributed by atoms with van der Waals surface area (Å²) in [7, 11) is 0. The van der Waals surface area contributed by atoms with Gasteiger partial charge in [0.25, 0.3) is 0 Å². The van der Waals surface area contributed by atoms with Crippen molar-refractivity contribution in [2.45, 2.75) is 13.3 Å². The Kier molecular flexibility index (Phi) is 5.93. The number of piperazine rings is 1. The monoisotopic (exact) mass is 415 g/mol. The van der Waals surface area contributed by atoms with Crippen molar-refractivity contribution in [3.8, 4) is 0 Å². The van der Waals surface area contributed by atoms with E-state index in [0.29, 0.717) is 32.6 Å². The highest BCUT2D eigenvalue weighted by atomic mass is 79.9. The average molecular weight is 416 g/mol. The zero-order chi connectivity index (χ0) is 18.5. The van der Waals surface area contributed by atoms with Gasteiger partial charge in [-0.1, -0.05) is 40.2 Å². The van der Waals surface area contributed by atoms with Crippen molar-refractivity contribution in [2.75, 3.05) is 31.5 Å². The van der Waals surface area contributed by atoms with Crippen LogP contribution in [0.5, 0.6) is 0 Å². The van der Waals surface area contributed by atoms with Crippen LogP contribution >= 0.6 is 15.9 Å². The summed E-state index contributed by atoms with van der Waals surface area (Å²) in [4.78, 5) is 28.4. The number of amides is 3. The maximum absolute atomic E-state index is 12.5. The van der Waals surface area contributed by atoms with Crippen LogP contribution in [0.2, 0.25) is 0 Å². The second kappa shape index (κ2) is 8.36. The number of hydrogen-bond donors (Lipinski definition) is 1. The van der Waals surface area contributed by atoms with E-state index >= 15 is 0 Å². The summed E-state index contributed by atoms with van der Waals surface area (Å²) in [5, 5.41) is 2.92. The van der Waals surface area contributed by atoms with Gasteiger partial charge < -0.3 is 15.1 Å². The molecule has 0 aromatic heterocycles. The Hall–Kier alpha value is -2.34. The molecule has 2 aromatic carbocycles. The molecular weight excluding hydrogens is 394 g/mol. The van der Waals surface area contributed by atoms with Gasteiger partial charge in [-0.2, -0.15) is 0 Å². The van der Waals surface area contributed by atoms with Gasteiger partial charge in [-0.05, 0) is 42.3 Å². The van der Waals surface area contributed by atoms with Crippen LogP contribution in [0.4, 0.5) is 10.5 Å². The molecule has 1 aliphatic rings. The largest absolute Gasteiger partial charge is 0.339 e. The highest BCUT2D eigenvalue weighted by molar-refractivity contribution is 9.10. The standard InChI is InChI=1S/C20H22BrN3O2/c1-15-3-2-4-18(13-15)22-20(26)24-11-9-23(10-12-24)19(25)14-16-5-7-17(21)8-6-16/h2-8,13H,9-12,14H2,1H3,(H,22,26). The number of hydrogen-bond acceptors (Lipinski definition) is 2. The molecular formula is C20H22BrN3O2. The minimum atomic E-state index is -0.115. The van der Waals surface area contributed by atoms with E-state index in [2.05, 4.69) is 21.2 Å². The van der Waals surface area contributed by atoms with E-state index in [1.165, 1.54) is 0 Å². The van der Waals surface area contributed by atoms with Gasteiger partial charge in [-0.3, -0.25) is 4.79 Å². The number of nitrogens with one attached hydrogen (secondary N) is 1.